The Morgan fingerprint density at radius 2 is 2.12 bits per heavy atom. The van der Waals surface area contributed by atoms with Gasteiger partial charge in [0.1, 0.15) is 5.75 Å². The summed E-state index contributed by atoms with van der Waals surface area (Å²) >= 11 is 6.21. The molecule has 1 aliphatic carbocycles. The smallest absolute Gasteiger partial charge is 0.120 e. The van der Waals surface area contributed by atoms with Crippen molar-refractivity contribution in [2.75, 3.05) is 7.11 Å². The molecule has 0 aliphatic heterocycles. The van der Waals surface area contributed by atoms with Gasteiger partial charge in [-0.15, -0.1) is 0 Å². The lowest BCUT2D eigenvalue weighted by Crippen LogP contribution is -2.15. The number of benzene rings is 1. The molecule has 0 amide bonds. The van der Waals surface area contributed by atoms with Crippen molar-refractivity contribution in [2.24, 2.45) is 17.1 Å². The number of ether oxygens (including phenoxy) is 1. The van der Waals surface area contributed by atoms with Crippen LogP contribution in [0.1, 0.15) is 31.9 Å². The monoisotopic (exact) mass is 239 g/mol. The quantitative estimate of drug-likeness (QED) is 0.878. The second-order valence-electron chi connectivity index (χ2n) is 5.21. The van der Waals surface area contributed by atoms with Crippen LogP contribution in [-0.2, 0) is 0 Å². The Kier molecular flexibility index (Phi) is 2.89. The van der Waals surface area contributed by atoms with Gasteiger partial charge < -0.3 is 10.5 Å². The van der Waals surface area contributed by atoms with Crippen molar-refractivity contribution in [1.29, 1.82) is 0 Å². The number of methoxy groups -OCH3 is 1. The average molecular weight is 240 g/mol. The van der Waals surface area contributed by atoms with Crippen molar-refractivity contribution in [3.63, 3.8) is 0 Å². The lowest BCUT2D eigenvalue weighted by Gasteiger charge is -2.16. The van der Waals surface area contributed by atoms with Gasteiger partial charge in [0, 0.05) is 11.1 Å². The second-order valence-corrected chi connectivity index (χ2v) is 5.62. The molecule has 2 rings (SSSR count). The zero-order chi connectivity index (χ0) is 11.9. The molecule has 2 atom stereocenters. The molecule has 0 heterocycles. The van der Waals surface area contributed by atoms with E-state index in [1.807, 2.05) is 18.2 Å². The maximum atomic E-state index is 6.24. The predicted molar refractivity (Wildman–Crippen MR) is 66.8 cm³/mol. The number of rotatable bonds is 3. The Morgan fingerprint density at radius 1 is 1.50 bits per heavy atom. The van der Waals surface area contributed by atoms with Gasteiger partial charge in [0.05, 0.1) is 7.11 Å². The molecule has 1 aromatic rings. The van der Waals surface area contributed by atoms with E-state index in [2.05, 4.69) is 13.8 Å². The number of halogens is 1. The SMILES string of the molecule is COc1ccc(C(N)C2CC2(C)C)c(Cl)c1. The zero-order valence-electron chi connectivity index (χ0n) is 9.96. The summed E-state index contributed by atoms with van der Waals surface area (Å²) in [4.78, 5) is 0. The zero-order valence-corrected chi connectivity index (χ0v) is 10.7. The standard InChI is InChI=1S/C13H18ClNO/c1-13(2)7-10(13)12(15)9-5-4-8(16-3)6-11(9)14/h4-6,10,12H,7,15H2,1-3H3. The fourth-order valence-corrected chi connectivity index (χ4v) is 2.54. The first-order chi connectivity index (χ1) is 7.45. The van der Waals surface area contributed by atoms with Crippen LogP contribution in [-0.4, -0.2) is 7.11 Å². The van der Waals surface area contributed by atoms with Gasteiger partial charge in [0.15, 0.2) is 0 Å². The fraction of sp³-hybridized carbons (Fsp3) is 0.538. The van der Waals surface area contributed by atoms with Gasteiger partial charge >= 0.3 is 0 Å². The number of hydrogen-bond donors (Lipinski definition) is 1. The molecule has 0 bridgehead atoms. The van der Waals surface area contributed by atoms with E-state index in [1.165, 1.54) is 6.42 Å². The van der Waals surface area contributed by atoms with Gasteiger partial charge in [-0.2, -0.15) is 0 Å². The number of hydrogen-bond acceptors (Lipinski definition) is 2. The van der Waals surface area contributed by atoms with Crippen LogP contribution in [0.2, 0.25) is 5.02 Å². The minimum atomic E-state index is 0.0356. The van der Waals surface area contributed by atoms with Crippen LogP contribution in [0, 0.1) is 11.3 Å². The first kappa shape index (κ1) is 11.7. The highest BCUT2D eigenvalue weighted by molar-refractivity contribution is 6.31. The van der Waals surface area contributed by atoms with E-state index < -0.39 is 0 Å². The molecule has 16 heavy (non-hydrogen) atoms. The largest absolute Gasteiger partial charge is 0.497 e. The highest BCUT2D eigenvalue weighted by atomic mass is 35.5. The third kappa shape index (κ3) is 2.04. The van der Waals surface area contributed by atoms with Gasteiger partial charge in [0.2, 0.25) is 0 Å². The van der Waals surface area contributed by atoms with Gasteiger partial charge in [-0.05, 0) is 35.4 Å². The molecular weight excluding hydrogens is 222 g/mol. The highest BCUT2D eigenvalue weighted by Crippen LogP contribution is 2.57. The topological polar surface area (TPSA) is 35.2 Å². The molecule has 1 saturated carbocycles. The minimum Gasteiger partial charge on any atom is -0.497 e. The molecular formula is C13H18ClNO. The van der Waals surface area contributed by atoms with E-state index in [0.717, 1.165) is 11.3 Å². The second kappa shape index (κ2) is 3.94. The Balaban J connectivity index is 2.21. The molecule has 0 aromatic heterocycles. The third-order valence-electron chi connectivity index (χ3n) is 3.59. The molecule has 1 aromatic carbocycles. The van der Waals surface area contributed by atoms with Crippen LogP contribution in [0.5, 0.6) is 5.75 Å². The van der Waals surface area contributed by atoms with Crippen molar-refractivity contribution in [1.82, 2.24) is 0 Å². The van der Waals surface area contributed by atoms with Gasteiger partial charge in [-0.1, -0.05) is 31.5 Å². The van der Waals surface area contributed by atoms with E-state index in [4.69, 9.17) is 22.1 Å². The third-order valence-corrected chi connectivity index (χ3v) is 3.92. The summed E-state index contributed by atoms with van der Waals surface area (Å²) in [6.07, 6.45) is 1.18. The molecule has 3 heteroatoms. The Morgan fingerprint density at radius 3 is 2.56 bits per heavy atom. The van der Waals surface area contributed by atoms with Crippen LogP contribution < -0.4 is 10.5 Å². The molecule has 1 aliphatic rings. The molecule has 2 unspecified atom stereocenters. The fourth-order valence-electron chi connectivity index (χ4n) is 2.24. The average Bonchev–Trinajstić information content (AvgIpc) is 2.86. The summed E-state index contributed by atoms with van der Waals surface area (Å²) in [5, 5.41) is 0.703. The molecule has 2 N–H and O–H groups in total. The summed E-state index contributed by atoms with van der Waals surface area (Å²) < 4.78 is 5.12. The molecule has 0 radical (unpaired) electrons. The lowest BCUT2D eigenvalue weighted by molar-refractivity contribution is 0.414. The lowest BCUT2D eigenvalue weighted by atomic mass is 9.98. The summed E-state index contributed by atoms with van der Waals surface area (Å²) in [5.74, 6) is 1.31. The van der Waals surface area contributed by atoms with Gasteiger partial charge in [0.25, 0.3) is 0 Å². The molecule has 2 nitrogen and oxygen atoms in total. The summed E-state index contributed by atoms with van der Waals surface area (Å²) in [6, 6.07) is 5.75. The maximum absolute atomic E-state index is 6.24. The molecule has 0 saturated heterocycles. The van der Waals surface area contributed by atoms with Crippen LogP contribution in [0.15, 0.2) is 18.2 Å². The first-order valence-electron chi connectivity index (χ1n) is 5.55. The van der Waals surface area contributed by atoms with Crippen molar-refractivity contribution < 1.29 is 4.74 Å². The van der Waals surface area contributed by atoms with Crippen LogP contribution in [0.3, 0.4) is 0 Å². The van der Waals surface area contributed by atoms with E-state index >= 15 is 0 Å². The van der Waals surface area contributed by atoms with E-state index in [-0.39, 0.29) is 6.04 Å². The summed E-state index contributed by atoms with van der Waals surface area (Å²) in [5.41, 5.74) is 7.63. The number of nitrogens with two attached hydrogens (primary N) is 1. The van der Waals surface area contributed by atoms with Crippen molar-refractivity contribution in [2.45, 2.75) is 26.3 Å². The van der Waals surface area contributed by atoms with Gasteiger partial charge in [-0.3, -0.25) is 0 Å². The first-order valence-corrected chi connectivity index (χ1v) is 5.92. The van der Waals surface area contributed by atoms with Crippen molar-refractivity contribution >= 4 is 11.6 Å². The van der Waals surface area contributed by atoms with Crippen LogP contribution >= 0.6 is 11.6 Å². The van der Waals surface area contributed by atoms with Crippen LogP contribution in [0.25, 0.3) is 0 Å². The van der Waals surface area contributed by atoms with E-state index in [9.17, 15) is 0 Å². The summed E-state index contributed by atoms with van der Waals surface area (Å²) in [7, 11) is 1.63. The van der Waals surface area contributed by atoms with Crippen LogP contribution in [0.4, 0.5) is 0 Å². The minimum absolute atomic E-state index is 0.0356. The predicted octanol–water partition coefficient (Wildman–Crippen LogP) is 3.39. The molecule has 1 fully saturated rings. The highest BCUT2D eigenvalue weighted by Gasteiger charge is 2.49. The molecule has 88 valence electrons. The van der Waals surface area contributed by atoms with Crippen molar-refractivity contribution in [3.8, 4) is 5.75 Å². The Bertz CT molecular complexity index is 403. The maximum Gasteiger partial charge on any atom is 0.120 e. The van der Waals surface area contributed by atoms with Gasteiger partial charge in [-0.25, -0.2) is 0 Å². The van der Waals surface area contributed by atoms with E-state index in [0.29, 0.717) is 16.4 Å². The normalized spacial score (nSPS) is 23.9. The Labute approximate surface area is 102 Å². The van der Waals surface area contributed by atoms with Crippen molar-refractivity contribution in [3.05, 3.63) is 28.8 Å². The Hall–Kier alpha value is -0.730. The van der Waals surface area contributed by atoms with E-state index in [1.54, 1.807) is 7.11 Å². The molecule has 0 spiro atoms. The summed E-state index contributed by atoms with van der Waals surface area (Å²) in [6.45, 7) is 4.49.